The first-order valence-electron chi connectivity index (χ1n) is 8.15. The van der Waals surface area contributed by atoms with Crippen LogP contribution in [0.3, 0.4) is 0 Å². The zero-order chi connectivity index (χ0) is 15.7. The van der Waals surface area contributed by atoms with Crippen molar-refractivity contribution in [3.63, 3.8) is 0 Å². The third-order valence-electron chi connectivity index (χ3n) is 4.29. The third kappa shape index (κ3) is 3.08. The Labute approximate surface area is 133 Å². The monoisotopic (exact) mass is 323 g/mol. The maximum atomic E-state index is 12.6. The summed E-state index contributed by atoms with van der Waals surface area (Å²) in [6.07, 6.45) is 4.25. The van der Waals surface area contributed by atoms with E-state index in [1.54, 1.807) is 4.31 Å². The second-order valence-corrected chi connectivity index (χ2v) is 8.09. The largest absolute Gasteiger partial charge is 0.371 e. The van der Waals surface area contributed by atoms with E-state index in [2.05, 4.69) is 27.8 Å². The summed E-state index contributed by atoms with van der Waals surface area (Å²) in [5.74, 6) is 0. The standard InChI is InChI=1S/C16H25N3O2S/c1-13(2)17-22(20,21)19-11-5-6-14-7-8-15(12-16(14)19)18-9-3-4-10-18/h7-8,12-13,17H,3-6,9-11H2,1-2H3. The molecule has 1 saturated heterocycles. The van der Waals surface area contributed by atoms with Gasteiger partial charge in [0, 0.05) is 31.4 Å². The van der Waals surface area contributed by atoms with Crippen LogP contribution in [0.5, 0.6) is 0 Å². The van der Waals surface area contributed by atoms with Crippen LogP contribution in [0, 0.1) is 0 Å². The highest BCUT2D eigenvalue weighted by molar-refractivity contribution is 7.90. The third-order valence-corrected chi connectivity index (χ3v) is 6.02. The molecule has 2 heterocycles. The maximum absolute atomic E-state index is 12.6. The second-order valence-electron chi connectivity index (χ2n) is 6.46. The lowest BCUT2D eigenvalue weighted by Gasteiger charge is -2.32. The van der Waals surface area contributed by atoms with E-state index >= 15 is 0 Å². The lowest BCUT2D eigenvalue weighted by Crippen LogP contribution is -2.45. The number of aryl methyl sites for hydroxylation is 1. The second kappa shape index (κ2) is 6.08. The van der Waals surface area contributed by atoms with Gasteiger partial charge in [-0.3, -0.25) is 4.31 Å². The SMILES string of the molecule is CC(C)NS(=O)(=O)N1CCCc2ccc(N3CCCC3)cc21. The van der Waals surface area contributed by atoms with E-state index in [1.165, 1.54) is 12.8 Å². The van der Waals surface area contributed by atoms with Gasteiger partial charge in [-0.15, -0.1) is 0 Å². The summed E-state index contributed by atoms with van der Waals surface area (Å²) in [5, 5.41) is 0. The van der Waals surface area contributed by atoms with Crippen LogP contribution in [0.1, 0.15) is 38.7 Å². The molecule has 3 rings (SSSR count). The van der Waals surface area contributed by atoms with Crippen LogP contribution >= 0.6 is 0 Å². The molecule has 6 heteroatoms. The van der Waals surface area contributed by atoms with Crippen molar-refractivity contribution in [2.75, 3.05) is 28.8 Å². The fourth-order valence-corrected chi connectivity index (χ4v) is 4.83. The van der Waals surface area contributed by atoms with E-state index in [9.17, 15) is 8.42 Å². The van der Waals surface area contributed by atoms with Gasteiger partial charge in [0.2, 0.25) is 0 Å². The average Bonchev–Trinajstić information content (AvgIpc) is 2.99. The smallest absolute Gasteiger partial charge is 0.301 e. The molecule has 22 heavy (non-hydrogen) atoms. The molecular weight excluding hydrogens is 298 g/mol. The number of hydrogen-bond donors (Lipinski definition) is 1. The highest BCUT2D eigenvalue weighted by Crippen LogP contribution is 2.33. The first-order chi connectivity index (χ1) is 10.5. The molecule has 0 radical (unpaired) electrons. The van der Waals surface area contributed by atoms with Crippen LogP contribution < -0.4 is 13.9 Å². The number of nitrogens with zero attached hydrogens (tertiary/aromatic N) is 2. The van der Waals surface area contributed by atoms with Crippen molar-refractivity contribution >= 4 is 21.6 Å². The van der Waals surface area contributed by atoms with Crippen molar-refractivity contribution in [1.82, 2.24) is 4.72 Å². The summed E-state index contributed by atoms with van der Waals surface area (Å²) in [6, 6.07) is 6.19. The van der Waals surface area contributed by atoms with Crippen LogP contribution in [0.4, 0.5) is 11.4 Å². The van der Waals surface area contributed by atoms with Gasteiger partial charge in [0.1, 0.15) is 0 Å². The van der Waals surface area contributed by atoms with Gasteiger partial charge >= 0.3 is 10.2 Å². The first kappa shape index (κ1) is 15.6. The van der Waals surface area contributed by atoms with Gasteiger partial charge in [-0.2, -0.15) is 13.1 Å². The first-order valence-corrected chi connectivity index (χ1v) is 9.59. The molecule has 0 saturated carbocycles. The van der Waals surface area contributed by atoms with Gasteiger partial charge in [0.25, 0.3) is 0 Å². The zero-order valence-corrected chi connectivity index (χ0v) is 14.2. The molecule has 0 unspecified atom stereocenters. The Kier molecular flexibility index (Phi) is 4.32. The van der Waals surface area contributed by atoms with Crippen molar-refractivity contribution in [3.05, 3.63) is 23.8 Å². The van der Waals surface area contributed by atoms with E-state index in [1.807, 2.05) is 13.8 Å². The number of benzene rings is 1. The normalized spacial score (nSPS) is 18.9. The van der Waals surface area contributed by atoms with Crippen LogP contribution in [-0.4, -0.2) is 34.1 Å². The molecule has 0 bridgehead atoms. The number of hydrogen-bond acceptors (Lipinski definition) is 3. The van der Waals surface area contributed by atoms with Crippen molar-refractivity contribution in [3.8, 4) is 0 Å². The van der Waals surface area contributed by atoms with Crippen molar-refractivity contribution < 1.29 is 8.42 Å². The molecule has 1 N–H and O–H groups in total. The number of rotatable bonds is 4. The summed E-state index contributed by atoms with van der Waals surface area (Å²) < 4.78 is 29.4. The topological polar surface area (TPSA) is 52.7 Å². The summed E-state index contributed by atoms with van der Waals surface area (Å²) in [4.78, 5) is 2.34. The van der Waals surface area contributed by atoms with Crippen LogP contribution in [0.2, 0.25) is 0 Å². The Morgan fingerprint density at radius 3 is 2.50 bits per heavy atom. The Hall–Kier alpha value is -1.27. The molecule has 1 aromatic carbocycles. The molecule has 1 aromatic rings. The molecular formula is C16H25N3O2S. The quantitative estimate of drug-likeness (QED) is 0.925. The molecule has 2 aliphatic heterocycles. The molecule has 5 nitrogen and oxygen atoms in total. The van der Waals surface area contributed by atoms with Crippen molar-refractivity contribution in [1.29, 1.82) is 0 Å². The van der Waals surface area contributed by atoms with Crippen LogP contribution in [0.25, 0.3) is 0 Å². The number of anilines is 2. The van der Waals surface area contributed by atoms with Gasteiger partial charge in [-0.05, 0) is 57.2 Å². The lowest BCUT2D eigenvalue weighted by atomic mass is 10.0. The van der Waals surface area contributed by atoms with Gasteiger partial charge < -0.3 is 4.90 Å². The zero-order valence-electron chi connectivity index (χ0n) is 13.4. The van der Waals surface area contributed by atoms with Gasteiger partial charge in [-0.1, -0.05) is 6.07 Å². The predicted octanol–water partition coefficient (Wildman–Crippen LogP) is 2.28. The molecule has 0 amide bonds. The molecule has 1 fully saturated rings. The van der Waals surface area contributed by atoms with Gasteiger partial charge in [-0.25, -0.2) is 0 Å². The van der Waals surface area contributed by atoms with E-state index < -0.39 is 10.2 Å². The van der Waals surface area contributed by atoms with Crippen molar-refractivity contribution in [2.45, 2.75) is 45.6 Å². The highest BCUT2D eigenvalue weighted by atomic mass is 32.2. The van der Waals surface area contributed by atoms with E-state index in [0.29, 0.717) is 6.54 Å². The summed E-state index contributed by atoms with van der Waals surface area (Å²) >= 11 is 0. The van der Waals surface area contributed by atoms with Gasteiger partial charge in [0.15, 0.2) is 0 Å². The summed E-state index contributed by atoms with van der Waals surface area (Å²) in [7, 11) is -3.47. The minimum Gasteiger partial charge on any atom is -0.371 e. The number of fused-ring (bicyclic) bond motifs is 1. The van der Waals surface area contributed by atoms with Gasteiger partial charge in [0.05, 0.1) is 5.69 Å². The molecule has 0 aliphatic carbocycles. The van der Waals surface area contributed by atoms with Crippen molar-refractivity contribution in [2.24, 2.45) is 0 Å². The number of nitrogens with one attached hydrogen (secondary N) is 1. The fraction of sp³-hybridized carbons (Fsp3) is 0.625. The summed E-state index contributed by atoms with van der Waals surface area (Å²) in [5.41, 5.74) is 3.12. The average molecular weight is 323 g/mol. The molecule has 0 aromatic heterocycles. The minimum absolute atomic E-state index is 0.0999. The van der Waals surface area contributed by atoms with E-state index in [4.69, 9.17) is 0 Å². The summed E-state index contributed by atoms with van der Waals surface area (Å²) in [6.45, 7) is 6.39. The minimum atomic E-state index is -3.47. The maximum Gasteiger partial charge on any atom is 0.301 e. The van der Waals surface area contributed by atoms with Crippen LogP contribution in [-0.2, 0) is 16.6 Å². The molecule has 0 atom stereocenters. The molecule has 0 spiro atoms. The predicted molar refractivity (Wildman–Crippen MR) is 90.7 cm³/mol. The Morgan fingerprint density at radius 1 is 1.09 bits per heavy atom. The molecule has 2 aliphatic rings. The van der Waals surface area contributed by atoms with E-state index in [0.717, 1.165) is 42.9 Å². The highest BCUT2D eigenvalue weighted by Gasteiger charge is 2.28. The Morgan fingerprint density at radius 2 is 1.82 bits per heavy atom. The molecule has 122 valence electrons. The Balaban J connectivity index is 1.95. The van der Waals surface area contributed by atoms with E-state index in [-0.39, 0.29) is 6.04 Å². The van der Waals surface area contributed by atoms with Crippen LogP contribution in [0.15, 0.2) is 18.2 Å². The lowest BCUT2D eigenvalue weighted by molar-refractivity contribution is 0.561. The fourth-order valence-electron chi connectivity index (χ4n) is 3.31. The Bertz CT molecular complexity index is 637.